The molecule has 0 fully saturated rings. The number of aryl methyl sites for hydroxylation is 1. The largest absolute Gasteiger partial charge is 0.326 e. The van der Waals surface area contributed by atoms with Crippen molar-refractivity contribution < 1.29 is 9.59 Å². The van der Waals surface area contributed by atoms with Gasteiger partial charge in [-0.2, -0.15) is 5.10 Å². The van der Waals surface area contributed by atoms with Crippen molar-refractivity contribution in [2.75, 3.05) is 10.6 Å². The van der Waals surface area contributed by atoms with Gasteiger partial charge in [-0.15, -0.1) is 0 Å². The number of carbonyl (C=O) groups excluding carboxylic acids is 2. The number of nitrogens with zero attached hydrogens (tertiary/aromatic N) is 3. The predicted octanol–water partition coefficient (Wildman–Crippen LogP) is 4.91. The predicted molar refractivity (Wildman–Crippen MR) is 134 cm³/mol. The zero-order valence-electron chi connectivity index (χ0n) is 19.0. The van der Waals surface area contributed by atoms with Gasteiger partial charge in [0.1, 0.15) is 5.69 Å². The molecule has 2 amide bonds. The van der Waals surface area contributed by atoms with E-state index in [2.05, 4.69) is 15.6 Å². The smallest absolute Gasteiger partial charge is 0.248 e. The highest BCUT2D eigenvalue weighted by atomic mass is 16.2. The molecule has 2 aromatic carbocycles. The average molecular weight is 452 g/mol. The summed E-state index contributed by atoms with van der Waals surface area (Å²) in [5.74, 6) is -0.451. The quantitative estimate of drug-likeness (QED) is 0.391. The summed E-state index contributed by atoms with van der Waals surface area (Å²) >= 11 is 0. The van der Waals surface area contributed by atoms with Crippen LogP contribution in [0.25, 0.3) is 17.3 Å². The lowest BCUT2D eigenvalue weighted by Crippen LogP contribution is -2.10. The van der Waals surface area contributed by atoms with Gasteiger partial charge in [0.15, 0.2) is 0 Å². The van der Waals surface area contributed by atoms with Crippen LogP contribution in [-0.2, 0) is 16.1 Å². The first-order valence-electron chi connectivity index (χ1n) is 10.9. The van der Waals surface area contributed by atoms with Crippen molar-refractivity contribution in [2.45, 2.75) is 20.4 Å². The second-order valence-electron chi connectivity index (χ2n) is 7.89. The zero-order chi connectivity index (χ0) is 23.9. The summed E-state index contributed by atoms with van der Waals surface area (Å²) in [6.45, 7) is 3.96. The Morgan fingerprint density at radius 1 is 1.03 bits per heavy atom. The van der Waals surface area contributed by atoms with E-state index in [1.54, 1.807) is 30.6 Å². The summed E-state index contributed by atoms with van der Waals surface area (Å²) in [6, 6.07) is 19.2. The van der Waals surface area contributed by atoms with Crippen LogP contribution in [0.2, 0.25) is 0 Å². The number of anilines is 2. The molecular weight excluding hydrogens is 426 g/mol. The maximum atomic E-state index is 12.6. The molecule has 170 valence electrons. The Morgan fingerprint density at radius 3 is 2.59 bits per heavy atom. The van der Waals surface area contributed by atoms with E-state index in [1.165, 1.54) is 13.0 Å². The zero-order valence-corrected chi connectivity index (χ0v) is 19.0. The van der Waals surface area contributed by atoms with Crippen LogP contribution < -0.4 is 10.6 Å². The number of amides is 2. The topological polar surface area (TPSA) is 88.9 Å². The van der Waals surface area contributed by atoms with Gasteiger partial charge in [0.05, 0.1) is 6.54 Å². The lowest BCUT2D eigenvalue weighted by Gasteiger charge is -2.09. The molecule has 34 heavy (non-hydrogen) atoms. The summed E-state index contributed by atoms with van der Waals surface area (Å²) in [6.07, 6.45) is 8.60. The monoisotopic (exact) mass is 451 g/mol. The van der Waals surface area contributed by atoms with Gasteiger partial charge in [-0.3, -0.25) is 19.3 Å². The van der Waals surface area contributed by atoms with E-state index in [4.69, 9.17) is 5.10 Å². The van der Waals surface area contributed by atoms with Gasteiger partial charge in [0, 0.05) is 54.1 Å². The minimum Gasteiger partial charge on any atom is -0.326 e. The van der Waals surface area contributed by atoms with E-state index in [-0.39, 0.29) is 11.8 Å². The summed E-state index contributed by atoms with van der Waals surface area (Å²) in [4.78, 5) is 28.2. The van der Waals surface area contributed by atoms with Gasteiger partial charge in [-0.1, -0.05) is 36.4 Å². The highest BCUT2D eigenvalue weighted by molar-refractivity contribution is 6.03. The summed E-state index contributed by atoms with van der Waals surface area (Å²) < 4.78 is 1.86. The van der Waals surface area contributed by atoms with E-state index < -0.39 is 0 Å². The van der Waals surface area contributed by atoms with Crippen LogP contribution in [0.1, 0.15) is 23.6 Å². The minimum atomic E-state index is -0.287. The molecule has 0 aliphatic rings. The molecule has 4 aromatic rings. The Kier molecular flexibility index (Phi) is 6.93. The lowest BCUT2D eigenvalue weighted by atomic mass is 10.1. The van der Waals surface area contributed by atoms with E-state index >= 15 is 0 Å². The van der Waals surface area contributed by atoms with Gasteiger partial charge in [0.25, 0.3) is 0 Å². The van der Waals surface area contributed by atoms with Gasteiger partial charge in [-0.25, -0.2) is 0 Å². The third-order valence-corrected chi connectivity index (χ3v) is 5.14. The van der Waals surface area contributed by atoms with Crippen molar-refractivity contribution in [3.63, 3.8) is 0 Å². The number of carbonyl (C=O) groups is 2. The van der Waals surface area contributed by atoms with E-state index in [0.29, 0.717) is 17.9 Å². The SMILES string of the molecule is CC(=O)Nc1cc(NC(=O)/C=C/c2cn(Cc3ccccc3)nc2-c2cccnc2)ccc1C. The first kappa shape index (κ1) is 22.7. The minimum absolute atomic E-state index is 0.165. The first-order valence-corrected chi connectivity index (χ1v) is 10.9. The number of hydrogen-bond acceptors (Lipinski definition) is 4. The van der Waals surface area contributed by atoms with Crippen LogP contribution in [0.3, 0.4) is 0 Å². The number of pyridine rings is 1. The van der Waals surface area contributed by atoms with Crippen molar-refractivity contribution in [3.8, 4) is 11.3 Å². The molecule has 0 spiro atoms. The number of nitrogens with one attached hydrogen (secondary N) is 2. The fourth-order valence-corrected chi connectivity index (χ4v) is 3.51. The second-order valence-corrected chi connectivity index (χ2v) is 7.89. The molecule has 4 rings (SSSR count). The number of aromatic nitrogens is 3. The van der Waals surface area contributed by atoms with Gasteiger partial charge >= 0.3 is 0 Å². The highest BCUT2D eigenvalue weighted by Crippen LogP contribution is 2.24. The third-order valence-electron chi connectivity index (χ3n) is 5.14. The summed E-state index contributed by atoms with van der Waals surface area (Å²) in [5.41, 5.74) is 5.72. The van der Waals surface area contributed by atoms with E-state index in [0.717, 1.165) is 27.9 Å². The Morgan fingerprint density at radius 2 is 1.85 bits per heavy atom. The molecule has 0 unspecified atom stereocenters. The molecular formula is C27H25N5O2. The van der Waals surface area contributed by atoms with Crippen molar-refractivity contribution in [3.05, 3.63) is 102 Å². The summed E-state index contributed by atoms with van der Waals surface area (Å²) in [7, 11) is 0. The highest BCUT2D eigenvalue weighted by Gasteiger charge is 2.11. The standard InChI is InChI=1S/C27H25N5O2/c1-19-10-12-24(15-25(19)29-20(2)33)30-26(34)13-11-23-18-32(17-21-7-4-3-5-8-21)31-27(23)22-9-6-14-28-16-22/h3-16,18H,17H2,1-2H3,(H,29,33)(H,30,34)/b13-11+. The molecule has 0 saturated heterocycles. The van der Waals surface area contributed by atoms with Gasteiger partial charge < -0.3 is 10.6 Å². The molecule has 0 bridgehead atoms. The van der Waals surface area contributed by atoms with Gasteiger partial charge in [0.2, 0.25) is 11.8 Å². The van der Waals surface area contributed by atoms with Crippen LogP contribution in [0.15, 0.2) is 85.3 Å². The molecule has 0 aliphatic heterocycles. The van der Waals surface area contributed by atoms with Crippen LogP contribution in [-0.4, -0.2) is 26.6 Å². The Hall–Kier alpha value is -4.52. The number of hydrogen-bond donors (Lipinski definition) is 2. The molecule has 7 nitrogen and oxygen atoms in total. The van der Waals surface area contributed by atoms with Crippen molar-refractivity contribution in [1.82, 2.24) is 14.8 Å². The maximum absolute atomic E-state index is 12.6. The molecule has 7 heteroatoms. The number of benzene rings is 2. The van der Waals surface area contributed by atoms with Crippen LogP contribution >= 0.6 is 0 Å². The molecule has 2 heterocycles. The summed E-state index contributed by atoms with van der Waals surface area (Å²) in [5, 5.41) is 10.4. The van der Waals surface area contributed by atoms with Crippen molar-refractivity contribution >= 4 is 29.3 Å². The first-order chi connectivity index (χ1) is 16.5. The van der Waals surface area contributed by atoms with Crippen molar-refractivity contribution in [1.29, 1.82) is 0 Å². The Bertz CT molecular complexity index is 1330. The van der Waals surface area contributed by atoms with Crippen LogP contribution in [0.4, 0.5) is 11.4 Å². The van der Waals surface area contributed by atoms with Crippen LogP contribution in [0.5, 0.6) is 0 Å². The molecule has 0 atom stereocenters. The van der Waals surface area contributed by atoms with Gasteiger partial charge in [-0.05, 0) is 48.4 Å². The number of rotatable bonds is 7. The Balaban J connectivity index is 1.55. The van der Waals surface area contributed by atoms with Crippen molar-refractivity contribution in [2.24, 2.45) is 0 Å². The molecule has 2 aromatic heterocycles. The maximum Gasteiger partial charge on any atom is 0.248 e. The molecule has 0 aliphatic carbocycles. The second kappa shape index (κ2) is 10.4. The van der Waals surface area contributed by atoms with Crippen LogP contribution in [0, 0.1) is 6.92 Å². The normalized spacial score (nSPS) is 10.9. The molecule has 0 radical (unpaired) electrons. The lowest BCUT2D eigenvalue weighted by molar-refractivity contribution is -0.114. The molecule has 2 N–H and O–H groups in total. The fraction of sp³-hybridized carbons (Fsp3) is 0.111. The Labute approximate surface area is 198 Å². The fourth-order valence-electron chi connectivity index (χ4n) is 3.51. The molecule has 0 saturated carbocycles. The van der Waals surface area contributed by atoms with E-state index in [9.17, 15) is 9.59 Å². The van der Waals surface area contributed by atoms with E-state index in [1.807, 2.05) is 66.3 Å². The third kappa shape index (κ3) is 5.83. The average Bonchev–Trinajstić information content (AvgIpc) is 3.23.